The number of aliphatic imine (C=N–C) groups is 1. The lowest BCUT2D eigenvalue weighted by Crippen LogP contribution is -2.42. The van der Waals surface area contributed by atoms with Gasteiger partial charge < -0.3 is 19.7 Å². The van der Waals surface area contributed by atoms with Gasteiger partial charge in [0.2, 0.25) is 0 Å². The summed E-state index contributed by atoms with van der Waals surface area (Å²) in [6, 6.07) is 8.22. The molecule has 1 N–H and O–H groups in total. The van der Waals surface area contributed by atoms with E-state index in [0.717, 1.165) is 75.8 Å². The molecule has 0 spiro atoms. The first kappa shape index (κ1) is 25.7. The number of guanidine groups is 1. The molecule has 2 aliphatic rings. The number of halogens is 2. The summed E-state index contributed by atoms with van der Waals surface area (Å²) in [5.74, 6) is 1.75. The predicted octanol–water partition coefficient (Wildman–Crippen LogP) is 4.72. The van der Waals surface area contributed by atoms with E-state index in [9.17, 15) is 0 Å². The number of benzene rings is 1. The van der Waals surface area contributed by atoms with E-state index >= 15 is 0 Å². The van der Waals surface area contributed by atoms with Crippen LogP contribution >= 0.6 is 35.6 Å². The zero-order valence-electron chi connectivity index (χ0n) is 18.4. The van der Waals surface area contributed by atoms with Gasteiger partial charge >= 0.3 is 0 Å². The Balaban J connectivity index is 0.00000320. The molecule has 0 aromatic heterocycles. The molecule has 2 aliphatic heterocycles. The van der Waals surface area contributed by atoms with Gasteiger partial charge in [0.15, 0.2) is 5.96 Å². The lowest BCUT2D eigenvalue weighted by atomic mass is 9.74. The standard InChI is InChI=1S/C23H36ClN3O2.HI/c1-3-25-22(27(2)13-8-19-9-14-28-15-10-19)26-18-23(11-16-29-17-12-23)20-6-4-5-7-21(20)24;/h4-7,19H,3,8-18H2,1-2H3,(H,25,26);1H. The minimum absolute atomic E-state index is 0. The predicted molar refractivity (Wildman–Crippen MR) is 135 cm³/mol. The van der Waals surface area contributed by atoms with Gasteiger partial charge in [0.05, 0.1) is 6.54 Å². The minimum atomic E-state index is -0.0567. The lowest BCUT2D eigenvalue weighted by Gasteiger charge is -2.37. The van der Waals surface area contributed by atoms with Crippen LogP contribution in [0.15, 0.2) is 29.3 Å². The van der Waals surface area contributed by atoms with Gasteiger partial charge in [-0.15, -0.1) is 24.0 Å². The Labute approximate surface area is 204 Å². The molecule has 2 heterocycles. The molecular formula is C23H37ClIN3O2. The van der Waals surface area contributed by atoms with Crippen molar-refractivity contribution in [3.63, 3.8) is 0 Å². The first-order chi connectivity index (χ1) is 14.1. The van der Waals surface area contributed by atoms with Crippen LogP contribution in [0.25, 0.3) is 0 Å². The molecule has 1 aromatic carbocycles. The summed E-state index contributed by atoms with van der Waals surface area (Å²) in [4.78, 5) is 7.36. The van der Waals surface area contributed by atoms with Crippen LogP contribution < -0.4 is 5.32 Å². The van der Waals surface area contributed by atoms with Crippen molar-refractivity contribution < 1.29 is 9.47 Å². The smallest absolute Gasteiger partial charge is 0.193 e. The van der Waals surface area contributed by atoms with E-state index < -0.39 is 0 Å². The minimum Gasteiger partial charge on any atom is -0.381 e. The van der Waals surface area contributed by atoms with Crippen LogP contribution in [0.3, 0.4) is 0 Å². The van der Waals surface area contributed by atoms with Crippen LogP contribution in [0.5, 0.6) is 0 Å². The van der Waals surface area contributed by atoms with Crippen molar-refractivity contribution in [2.75, 3.05) is 53.1 Å². The van der Waals surface area contributed by atoms with Gasteiger partial charge in [0.1, 0.15) is 0 Å². The highest BCUT2D eigenvalue weighted by atomic mass is 127. The Hall–Kier alpha value is -0.570. The summed E-state index contributed by atoms with van der Waals surface area (Å²) in [6.07, 6.45) is 5.44. The molecule has 0 bridgehead atoms. The second-order valence-electron chi connectivity index (χ2n) is 8.31. The van der Waals surface area contributed by atoms with Crippen molar-refractivity contribution in [1.29, 1.82) is 0 Å². The SMILES string of the molecule is CCNC(=NCC1(c2ccccc2Cl)CCOCC1)N(C)CCC1CCOCC1.I. The Morgan fingerprint density at radius 3 is 2.50 bits per heavy atom. The highest BCUT2D eigenvalue weighted by Crippen LogP contribution is 2.39. The molecule has 1 aromatic rings. The lowest BCUT2D eigenvalue weighted by molar-refractivity contribution is 0.0530. The van der Waals surface area contributed by atoms with Crippen LogP contribution in [0.4, 0.5) is 0 Å². The molecule has 2 fully saturated rings. The number of rotatable bonds is 7. The van der Waals surface area contributed by atoms with Crippen molar-refractivity contribution in [2.45, 2.75) is 44.4 Å². The van der Waals surface area contributed by atoms with Gasteiger partial charge in [-0.05, 0) is 56.6 Å². The van der Waals surface area contributed by atoms with Crippen molar-refractivity contribution in [1.82, 2.24) is 10.2 Å². The van der Waals surface area contributed by atoms with Gasteiger partial charge in [-0.3, -0.25) is 4.99 Å². The van der Waals surface area contributed by atoms with Gasteiger partial charge in [-0.2, -0.15) is 0 Å². The van der Waals surface area contributed by atoms with Crippen LogP contribution in [0, 0.1) is 5.92 Å². The van der Waals surface area contributed by atoms with E-state index in [1.165, 1.54) is 24.8 Å². The van der Waals surface area contributed by atoms with Crippen LogP contribution in [-0.4, -0.2) is 64.0 Å². The fourth-order valence-electron chi connectivity index (χ4n) is 4.38. The third-order valence-electron chi connectivity index (χ3n) is 6.34. The third-order valence-corrected chi connectivity index (χ3v) is 6.67. The Morgan fingerprint density at radius 1 is 1.17 bits per heavy atom. The van der Waals surface area contributed by atoms with Crippen molar-refractivity contribution in [3.05, 3.63) is 34.9 Å². The number of hydrogen-bond donors (Lipinski definition) is 1. The second-order valence-corrected chi connectivity index (χ2v) is 8.72. The van der Waals surface area contributed by atoms with Crippen LogP contribution in [0.2, 0.25) is 5.02 Å². The number of nitrogens with one attached hydrogen (secondary N) is 1. The second kappa shape index (κ2) is 13.1. The molecule has 0 aliphatic carbocycles. The van der Waals surface area contributed by atoms with E-state index in [1.54, 1.807) is 0 Å². The number of ether oxygens (including phenoxy) is 2. The molecule has 170 valence electrons. The van der Waals surface area contributed by atoms with Crippen molar-refractivity contribution in [2.24, 2.45) is 10.9 Å². The maximum atomic E-state index is 6.60. The van der Waals surface area contributed by atoms with Gasteiger partial charge in [-0.1, -0.05) is 29.8 Å². The Morgan fingerprint density at radius 2 is 1.83 bits per heavy atom. The summed E-state index contributed by atoms with van der Waals surface area (Å²) in [6.45, 7) is 8.06. The van der Waals surface area contributed by atoms with E-state index in [2.05, 4.69) is 36.3 Å². The molecule has 0 saturated carbocycles. The topological polar surface area (TPSA) is 46.1 Å². The number of nitrogens with zero attached hydrogens (tertiary/aromatic N) is 2. The molecule has 5 nitrogen and oxygen atoms in total. The average molecular weight is 550 g/mol. The summed E-state index contributed by atoms with van der Waals surface area (Å²) in [5, 5.41) is 4.32. The maximum absolute atomic E-state index is 6.60. The molecule has 30 heavy (non-hydrogen) atoms. The molecule has 3 rings (SSSR count). The fraction of sp³-hybridized carbons (Fsp3) is 0.696. The van der Waals surface area contributed by atoms with Crippen LogP contribution in [0.1, 0.15) is 44.6 Å². The fourth-order valence-corrected chi connectivity index (χ4v) is 4.72. The van der Waals surface area contributed by atoms with Gasteiger partial charge in [-0.25, -0.2) is 0 Å². The summed E-state index contributed by atoms with van der Waals surface area (Å²) < 4.78 is 11.2. The quantitative estimate of drug-likeness (QED) is 0.304. The van der Waals surface area contributed by atoms with E-state index in [0.29, 0.717) is 0 Å². The highest BCUT2D eigenvalue weighted by molar-refractivity contribution is 14.0. The molecule has 0 amide bonds. The van der Waals surface area contributed by atoms with Crippen LogP contribution in [-0.2, 0) is 14.9 Å². The van der Waals surface area contributed by atoms with E-state index in [4.69, 9.17) is 26.1 Å². The molecule has 0 atom stereocenters. The first-order valence-electron chi connectivity index (χ1n) is 11.0. The molecule has 7 heteroatoms. The zero-order valence-corrected chi connectivity index (χ0v) is 21.5. The molecule has 2 saturated heterocycles. The largest absolute Gasteiger partial charge is 0.381 e. The summed E-state index contributed by atoms with van der Waals surface area (Å²) >= 11 is 6.60. The average Bonchev–Trinajstić information content (AvgIpc) is 2.76. The first-order valence-corrected chi connectivity index (χ1v) is 11.4. The molecular weight excluding hydrogens is 513 g/mol. The summed E-state index contributed by atoms with van der Waals surface area (Å²) in [7, 11) is 2.15. The molecule has 0 radical (unpaired) electrons. The van der Waals surface area contributed by atoms with Crippen molar-refractivity contribution in [3.8, 4) is 0 Å². The van der Waals surface area contributed by atoms with Crippen molar-refractivity contribution >= 4 is 41.5 Å². The van der Waals surface area contributed by atoms with E-state index in [1.807, 2.05) is 12.1 Å². The zero-order chi connectivity index (χ0) is 20.5. The van der Waals surface area contributed by atoms with Gasteiger partial charge in [0.25, 0.3) is 0 Å². The Bertz CT molecular complexity index is 662. The molecule has 0 unspecified atom stereocenters. The Kier molecular flexibility index (Phi) is 11.2. The maximum Gasteiger partial charge on any atom is 0.193 e. The highest BCUT2D eigenvalue weighted by Gasteiger charge is 2.36. The summed E-state index contributed by atoms with van der Waals surface area (Å²) in [5.41, 5.74) is 1.15. The van der Waals surface area contributed by atoms with Gasteiger partial charge in [0, 0.05) is 57.0 Å². The normalized spacial score (nSPS) is 19.8. The third kappa shape index (κ3) is 6.97. The monoisotopic (exact) mass is 549 g/mol. The number of hydrogen-bond acceptors (Lipinski definition) is 3. The van der Waals surface area contributed by atoms with E-state index in [-0.39, 0.29) is 29.4 Å².